The molecule has 1 saturated heterocycles. The number of rotatable bonds is 9. The maximum atomic E-state index is 14.1. The van der Waals surface area contributed by atoms with Crippen LogP contribution in [0, 0.1) is 0 Å². The van der Waals surface area contributed by atoms with Crippen LogP contribution < -0.4 is 4.72 Å². The lowest BCUT2D eigenvalue weighted by Crippen LogP contribution is -2.39. The summed E-state index contributed by atoms with van der Waals surface area (Å²) in [4.78, 5) is 13.0. The van der Waals surface area contributed by atoms with Crippen molar-refractivity contribution in [3.05, 3.63) is 59.2 Å². The molecule has 0 spiro atoms. The normalized spacial score (nSPS) is 15.1. The molecule has 0 saturated carbocycles. The number of sulfonamides is 1. The zero-order valence-electron chi connectivity index (χ0n) is 20.7. The predicted molar refractivity (Wildman–Crippen MR) is 136 cm³/mol. The van der Waals surface area contributed by atoms with Crippen LogP contribution in [-0.4, -0.2) is 51.3 Å². The molecule has 1 N–H and O–H groups in total. The molecule has 39 heavy (non-hydrogen) atoms. The minimum Gasteiger partial charge on any atom is -0.378 e. The van der Waals surface area contributed by atoms with Crippen LogP contribution in [0.25, 0.3) is 6.08 Å². The summed E-state index contributed by atoms with van der Waals surface area (Å²) in [7, 11) is -3.70. The first-order chi connectivity index (χ1) is 18.2. The number of carbonyl (C=O) groups excluding carboxylic acids is 1. The van der Waals surface area contributed by atoms with E-state index in [1.54, 1.807) is 0 Å². The second-order valence-electron chi connectivity index (χ2n) is 8.57. The van der Waals surface area contributed by atoms with Crippen LogP contribution in [-0.2, 0) is 31.9 Å². The average Bonchev–Trinajstić information content (AvgIpc) is 2.85. The van der Waals surface area contributed by atoms with Gasteiger partial charge in [0, 0.05) is 34.6 Å². The van der Waals surface area contributed by atoms with Gasteiger partial charge in [-0.3, -0.25) is 9.52 Å². The van der Waals surface area contributed by atoms with Crippen LogP contribution in [0.4, 0.5) is 32.0 Å². The molecule has 0 radical (unpaired) electrons. The first kappa shape index (κ1) is 30.8. The number of carbonyl (C=O) groups is 1. The van der Waals surface area contributed by atoms with Crippen LogP contribution in [0.5, 0.6) is 0 Å². The first-order valence-electron chi connectivity index (χ1n) is 11.9. The third-order valence-electron chi connectivity index (χ3n) is 5.60. The van der Waals surface area contributed by atoms with Gasteiger partial charge >= 0.3 is 12.4 Å². The lowest BCUT2D eigenvalue weighted by Gasteiger charge is -2.25. The number of benzene rings is 2. The van der Waals surface area contributed by atoms with E-state index in [0.29, 0.717) is 24.6 Å². The number of anilines is 1. The fraction of sp³-hybridized carbons (Fsp3) is 0.400. The van der Waals surface area contributed by atoms with Gasteiger partial charge < -0.3 is 9.64 Å². The summed E-state index contributed by atoms with van der Waals surface area (Å²) in [5.74, 6) is -0.798. The van der Waals surface area contributed by atoms with Gasteiger partial charge in [0.05, 0.1) is 30.1 Å². The molecule has 6 nitrogen and oxygen atoms in total. The Labute approximate surface area is 226 Å². The molecule has 14 heteroatoms. The summed E-state index contributed by atoms with van der Waals surface area (Å²) in [5.41, 5.74) is -4.54. The van der Waals surface area contributed by atoms with Gasteiger partial charge in [-0.1, -0.05) is 37.2 Å². The Balaban J connectivity index is 1.99. The molecule has 0 unspecified atom stereocenters. The number of hydrogen-bond donors (Lipinski definition) is 1. The van der Waals surface area contributed by atoms with Crippen molar-refractivity contribution in [2.45, 2.75) is 41.9 Å². The number of halogens is 6. The quantitative estimate of drug-likeness (QED) is 0.272. The van der Waals surface area contributed by atoms with Crippen molar-refractivity contribution in [3.8, 4) is 0 Å². The number of nitrogens with one attached hydrogen (secondary N) is 1. The third kappa shape index (κ3) is 8.64. The van der Waals surface area contributed by atoms with Crippen molar-refractivity contribution in [1.29, 1.82) is 0 Å². The van der Waals surface area contributed by atoms with Gasteiger partial charge in [0.2, 0.25) is 15.9 Å². The molecule has 0 aromatic heterocycles. The monoisotopic (exact) mass is 596 g/mol. The zero-order chi connectivity index (χ0) is 28.8. The first-order valence-corrected chi connectivity index (χ1v) is 14.3. The zero-order valence-corrected chi connectivity index (χ0v) is 22.4. The van der Waals surface area contributed by atoms with Crippen molar-refractivity contribution in [1.82, 2.24) is 4.90 Å². The second-order valence-corrected chi connectivity index (χ2v) is 11.5. The van der Waals surface area contributed by atoms with Gasteiger partial charge in [-0.05, 0) is 42.3 Å². The largest absolute Gasteiger partial charge is 0.418 e. The van der Waals surface area contributed by atoms with Gasteiger partial charge in [0.25, 0.3) is 0 Å². The number of morpholine rings is 1. The lowest BCUT2D eigenvalue weighted by atomic mass is 9.99. The summed E-state index contributed by atoms with van der Waals surface area (Å²) in [6.07, 6.45) is -8.19. The van der Waals surface area contributed by atoms with Crippen LogP contribution in [0.2, 0.25) is 0 Å². The van der Waals surface area contributed by atoms with E-state index in [1.165, 1.54) is 29.2 Å². The second kappa shape index (κ2) is 12.6. The van der Waals surface area contributed by atoms with E-state index in [1.807, 2.05) is 6.92 Å². The fourth-order valence-electron chi connectivity index (χ4n) is 3.78. The van der Waals surface area contributed by atoms with Gasteiger partial charge in [-0.15, -0.1) is 0 Å². The van der Waals surface area contributed by atoms with Gasteiger partial charge in [0.1, 0.15) is 0 Å². The highest BCUT2D eigenvalue weighted by Crippen LogP contribution is 2.48. The SMILES string of the molecule is CCCCS(=O)(=O)Nc1cccc(Sc2ccc(C=CC(=O)N3CCOCC3)c(C(F)(F)F)c2C(F)(F)F)c1. The Kier molecular flexibility index (Phi) is 9.99. The molecular formula is C25H26F6N2O4S2. The van der Waals surface area contributed by atoms with Crippen molar-refractivity contribution < 1.29 is 44.3 Å². The Morgan fingerprint density at radius 3 is 2.33 bits per heavy atom. The maximum absolute atomic E-state index is 14.1. The maximum Gasteiger partial charge on any atom is 0.418 e. The number of hydrogen-bond acceptors (Lipinski definition) is 5. The smallest absolute Gasteiger partial charge is 0.378 e. The van der Waals surface area contributed by atoms with E-state index < -0.39 is 49.9 Å². The molecule has 1 aliphatic heterocycles. The van der Waals surface area contributed by atoms with E-state index in [2.05, 4.69) is 4.72 Å². The Hall–Kier alpha value is -2.71. The molecule has 0 bridgehead atoms. The number of ether oxygens (including phenoxy) is 1. The minimum absolute atomic E-state index is 0.0712. The van der Waals surface area contributed by atoms with Crippen LogP contribution in [0.3, 0.4) is 0 Å². The highest BCUT2D eigenvalue weighted by atomic mass is 32.2. The van der Waals surface area contributed by atoms with E-state index in [4.69, 9.17) is 4.74 Å². The molecule has 1 fully saturated rings. The Morgan fingerprint density at radius 1 is 1.05 bits per heavy atom. The van der Waals surface area contributed by atoms with E-state index in [0.717, 1.165) is 24.3 Å². The molecule has 0 atom stereocenters. The van der Waals surface area contributed by atoms with Crippen molar-refractivity contribution in [3.63, 3.8) is 0 Å². The molecular weight excluding hydrogens is 570 g/mol. The number of nitrogens with zero attached hydrogens (tertiary/aromatic N) is 1. The topological polar surface area (TPSA) is 75.7 Å². The predicted octanol–water partition coefficient (Wildman–Crippen LogP) is 6.29. The van der Waals surface area contributed by atoms with Crippen LogP contribution in [0.1, 0.15) is 36.5 Å². The Bertz CT molecular complexity index is 1300. The molecule has 0 aliphatic carbocycles. The summed E-state index contributed by atoms with van der Waals surface area (Å²) < 4.78 is 116. The van der Waals surface area contributed by atoms with Gasteiger partial charge in [0.15, 0.2) is 0 Å². The summed E-state index contributed by atoms with van der Waals surface area (Å²) >= 11 is 0.417. The molecule has 1 heterocycles. The standard InChI is InChI=1S/C25H26F6N2O4S2/c1-2-3-15-39(35,36)32-18-5-4-6-19(16-18)38-20-9-7-17(8-10-21(34)33-11-13-37-14-12-33)22(24(26,27)28)23(20)25(29,30)31/h4-10,16,32H,2-3,11-15H2,1H3. The molecule has 1 amide bonds. The molecule has 1 aliphatic rings. The molecule has 2 aromatic carbocycles. The van der Waals surface area contributed by atoms with Crippen molar-refractivity contribution >= 4 is 39.5 Å². The van der Waals surface area contributed by atoms with E-state index in [9.17, 15) is 39.6 Å². The van der Waals surface area contributed by atoms with Crippen molar-refractivity contribution in [2.75, 3.05) is 36.8 Å². The fourth-order valence-corrected chi connectivity index (χ4v) is 6.07. The minimum atomic E-state index is -5.39. The number of unbranched alkanes of at least 4 members (excludes halogenated alkanes) is 1. The van der Waals surface area contributed by atoms with E-state index >= 15 is 0 Å². The average molecular weight is 597 g/mol. The highest BCUT2D eigenvalue weighted by molar-refractivity contribution is 7.99. The van der Waals surface area contributed by atoms with Gasteiger partial charge in [-0.2, -0.15) is 26.3 Å². The number of alkyl halides is 6. The number of amides is 1. The van der Waals surface area contributed by atoms with E-state index in [-0.39, 0.29) is 42.6 Å². The highest BCUT2D eigenvalue weighted by Gasteiger charge is 2.46. The van der Waals surface area contributed by atoms with Gasteiger partial charge in [-0.25, -0.2) is 8.42 Å². The molecule has 3 rings (SSSR count). The summed E-state index contributed by atoms with van der Waals surface area (Å²) in [6.45, 7) is 2.74. The van der Waals surface area contributed by atoms with Crippen LogP contribution >= 0.6 is 11.8 Å². The van der Waals surface area contributed by atoms with Crippen LogP contribution in [0.15, 0.2) is 52.3 Å². The Morgan fingerprint density at radius 2 is 1.72 bits per heavy atom. The van der Waals surface area contributed by atoms with Crippen molar-refractivity contribution in [2.24, 2.45) is 0 Å². The lowest BCUT2D eigenvalue weighted by molar-refractivity contribution is -0.163. The molecule has 214 valence electrons. The summed E-state index contributed by atoms with van der Waals surface area (Å²) in [6, 6.07) is 7.15. The third-order valence-corrected chi connectivity index (χ3v) is 8.02. The summed E-state index contributed by atoms with van der Waals surface area (Å²) in [5, 5.41) is 0. The molecule has 2 aromatic rings.